The molecule has 1 aliphatic rings. The Morgan fingerprint density at radius 3 is 2.60 bits per heavy atom. The van der Waals surface area contributed by atoms with E-state index < -0.39 is 11.5 Å². The highest BCUT2D eigenvalue weighted by Crippen LogP contribution is 2.43. The van der Waals surface area contributed by atoms with Gasteiger partial charge in [0.2, 0.25) is 0 Å². The zero-order valence-corrected chi connectivity index (χ0v) is 11.2. The van der Waals surface area contributed by atoms with Gasteiger partial charge in [-0.3, -0.25) is 4.90 Å². The number of nitrogens with zero attached hydrogens (tertiary/aromatic N) is 2. The Bertz CT molecular complexity index is 682. The van der Waals surface area contributed by atoms with Gasteiger partial charge >= 0.3 is 6.09 Å². The Morgan fingerprint density at radius 2 is 1.85 bits per heavy atom. The maximum absolute atomic E-state index is 12.3. The number of amides is 1. The summed E-state index contributed by atoms with van der Waals surface area (Å²) in [5.41, 5.74) is 0.713. The fraction of sp³-hybridized carbons (Fsp3) is 0.0667. The summed E-state index contributed by atoms with van der Waals surface area (Å²) in [5, 5.41) is 8.61. The van der Waals surface area contributed by atoms with Gasteiger partial charge in [-0.05, 0) is 24.3 Å². The molecule has 0 saturated carbocycles. The van der Waals surface area contributed by atoms with Crippen LogP contribution >= 0.6 is 11.8 Å². The molecule has 4 nitrogen and oxygen atoms in total. The number of benzene rings is 2. The van der Waals surface area contributed by atoms with Crippen LogP contribution in [0.5, 0.6) is 5.75 Å². The van der Waals surface area contributed by atoms with Crippen LogP contribution in [0.15, 0.2) is 59.5 Å². The molecule has 0 unspecified atom stereocenters. The van der Waals surface area contributed by atoms with Crippen LogP contribution in [-0.2, 0) is 0 Å². The first-order chi connectivity index (χ1) is 9.79. The van der Waals surface area contributed by atoms with Crippen molar-refractivity contribution < 1.29 is 9.53 Å². The number of para-hydroxylation sites is 2. The van der Waals surface area contributed by atoms with E-state index in [2.05, 4.69) is 6.07 Å². The zero-order valence-electron chi connectivity index (χ0n) is 10.4. The lowest BCUT2D eigenvalue weighted by molar-refractivity contribution is 0.208. The van der Waals surface area contributed by atoms with Crippen molar-refractivity contribution in [3.8, 4) is 11.8 Å². The normalized spacial score (nSPS) is 16.4. The minimum Gasteiger partial charge on any atom is -0.410 e. The lowest BCUT2D eigenvalue weighted by atomic mass is 10.3. The van der Waals surface area contributed by atoms with Crippen molar-refractivity contribution in [1.29, 1.82) is 5.26 Å². The van der Waals surface area contributed by atoms with Gasteiger partial charge in [-0.1, -0.05) is 42.1 Å². The summed E-state index contributed by atoms with van der Waals surface area (Å²) in [6, 6.07) is 18.4. The zero-order chi connectivity index (χ0) is 13.9. The molecule has 0 saturated heterocycles. The van der Waals surface area contributed by atoms with E-state index in [9.17, 15) is 10.1 Å². The van der Waals surface area contributed by atoms with Gasteiger partial charge in [0, 0.05) is 4.90 Å². The lowest BCUT2D eigenvalue weighted by Crippen LogP contribution is -2.37. The first kappa shape index (κ1) is 12.6. The molecule has 0 aromatic heterocycles. The largest absolute Gasteiger partial charge is 0.421 e. The topological polar surface area (TPSA) is 53.3 Å². The lowest BCUT2D eigenvalue weighted by Gasteiger charge is -2.19. The van der Waals surface area contributed by atoms with Gasteiger partial charge in [0.25, 0.3) is 0 Å². The van der Waals surface area contributed by atoms with Crippen molar-refractivity contribution in [2.24, 2.45) is 0 Å². The van der Waals surface area contributed by atoms with Crippen molar-refractivity contribution in [3.63, 3.8) is 0 Å². The molecule has 1 heterocycles. The summed E-state index contributed by atoms with van der Waals surface area (Å²) >= 11 is 1.35. The fourth-order valence-corrected chi connectivity index (χ4v) is 3.01. The summed E-state index contributed by atoms with van der Waals surface area (Å²) in [4.78, 5) is 14.6. The molecule has 5 heteroatoms. The number of ether oxygens (including phenoxy) is 1. The summed E-state index contributed by atoms with van der Waals surface area (Å²) in [5.74, 6) is 0.462. The van der Waals surface area contributed by atoms with Crippen molar-refractivity contribution in [2.45, 2.75) is 10.3 Å². The molecule has 1 aliphatic heterocycles. The number of carbonyl (C=O) groups is 1. The van der Waals surface area contributed by atoms with Crippen LogP contribution in [-0.4, -0.2) is 11.5 Å². The van der Waals surface area contributed by atoms with Crippen LogP contribution in [0.3, 0.4) is 0 Å². The molecular weight excluding hydrogens is 272 g/mol. The number of carbonyl (C=O) groups excluding carboxylic acids is 1. The Balaban J connectivity index is 1.88. The van der Waals surface area contributed by atoms with Crippen LogP contribution < -0.4 is 9.64 Å². The Labute approximate surface area is 120 Å². The minimum absolute atomic E-state index is 0.462. The molecule has 20 heavy (non-hydrogen) atoms. The van der Waals surface area contributed by atoms with E-state index in [1.165, 1.54) is 16.7 Å². The average molecular weight is 282 g/mol. The van der Waals surface area contributed by atoms with E-state index in [1.54, 1.807) is 24.3 Å². The van der Waals surface area contributed by atoms with Gasteiger partial charge in [0.15, 0.2) is 5.37 Å². The number of fused-ring (bicyclic) bond motifs is 1. The molecule has 2 aromatic carbocycles. The maximum Gasteiger partial charge on any atom is 0.421 e. The van der Waals surface area contributed by atoms with Gasteiger partial charge in [-0.2, -0.15) is 5.26 Å². The first-order valence-electron chi connectivity index (χ1n) is 6.01. The number of thioether (sulfide) groups is 1. The molecule has 98 valence electrons. The molecule has 0 bridgehead atoms. The third-order valence-electron chi connectivity index (χ3n) is 2.85. The van der Waals surface area contributed by atoms with Gasteiger partial charge < -0.3 is 4.74 Å². The summed E-state index contributed by atoms with van der Waals surface area (Å²) < 4.78 is 5.31. The smallest absolute Gasteiger partial charge is 0.410 e. The third-order valence-corrected chi connectivity index (χ3v) is 3.99. The second kappa shape index (κ2) is 5.27. The van der Waals surface area contributed by atoms with Gasteiger partial charge in [-0.15, -0.1) is 0 Å². The van der Waals surface area contributed by atoms with Gasteiger partial charge in [-0.25, -0.2) is 4.79 Å². The summed E-state index contributed by atoms with van der Waals surface area (Å²) in [6.45, 7) is 0. The Morgan fingerprint density at radius 1 is 1.15 bits per heavy atom. The summed E-state index contributed by atoms with van der Waals surface area (Å²) in [7, 11) is 0. The van der Waals surface area contributed by atoms with Crippen molar-refractivity contribution in [2.75, 3.05) is 4.90 Å². The molecule has 3 rings (SSSR count). The van der Waals surface area contributed by atoms with Crippen molar-refractivity contribution in [1.82, 2.24) is 0 Å². The SMILES string of the molecule is N#C[C@@H]1Sc2ccccc2N1C(=O)Oc1ccccc1. The van der Waals surface area contributed by atoms with Crippen molar-refractivity contribution in [3.05, 3.63) is 54.6 Å². The van der Waals surface area contributed by atoms with Crippen LogP contribution in [0, 0.1) is 11.3 Å². The Hall–Kier alpha value is -2.45. The predicted octanol–water partition coefficient (Wildman–Crippen LogP) is 3.65. The fourth-order valence-electron chi connectivity index (χ4n) is 1.97. The number of hydrogen-bond donors (Lipinski definition) is 0. The van der Waals surface area contributed by atoms with E-state index in [1.807, 2.05) is 30.3 Å². The molecule has 2 aromatic rings. The van der Waals surface area contributed by atoms with E-state index >= 15 is 0 Å². The van der Waals surface area contributed by atoms with Crippen LogP contribution in [0.25, 0.3) is 0 Å². The molecule has 0 N–H and O–H groups in total. The van der Waals surface area contributed by atoms with E-state index in [0.29, 0.717) is 11.4 Å². The third kappa shape index (κ3) is 2.22. The van der Waals surface area contributed by atoms with Crippen LogP contribution in [0.1, 0.15) is 0 Å². The highest BCUT2D eigenvalue weighted by atomic mass is 32.2. The van der Waals surface area contributed by atoms with E-state index in [0.717, 1.165) is 4.90 Å². The first-order valence-corrected chi connectivity index (χ1v) is 6.89. The monoisotopic (exact) mass is 282 g/mol. The molecule has 1 amide bonds. The number of rotatable bonds is 1. The molecule has 1 atom stereocenters. The second-order valence-electron chi connectivity index (χ2n) is 4.12. The molecule has 0 radical (unpaired) electrons. The molecule has 0 spiro atoms. The van der Waals surface area contributed by atoms with Crippen LogP contribution in [0.4, 0.5) is 10.5 Å². The van der Waals surface area contributed by atoms with Crippen molar-refractivity contribution >= 4 is 23.5 Å². The Kier molecular flexibility index (Phi) is 3.32. The van der Waals surface area contributed by atoms with E-state index in [-0.39, 0.29) is 0 Å². The minimum atomic E-state index is -0.594. The standard InChI is InChI=1S/C15H10N2O2S/c16-10-14-17(12-8-4-5-9-13(12)20-14)15(18)19-11-6-2-1-3-7-11/h1-9,14H/t14-/m0/s1. The average Bonchev–Trinajstić information content (AvgIpc) is 2.86. The number of hydrogen-bond acceptors (Lipinski definition) is 4. The number of anilines is 1. The maximum atomic E-state index is 12.3. The molecule has 0 fully saturated rings. The predicted molar refractivity (Wildman–Crippen MR) is 76.6 cm³/mol. The quantitative estimate of drug-likeness (QED) is 0.801. The second-order valence-corrected chi connectivity index (χ2v) is 5.24. The molecular formula is C15H10N2O2S. The van der Waals surface area contributed by atoms with Crippen LogP contribution in [0.2, 0.25) is 0 Å². The number of nitriles is 1. The highest BCUT2D eigenvalue weighted by Gasteiger charge is 2.35. The highest BCUT2D eigenvalue weighted by molar-refractivity contribution is 8.00. The van der Waals surface area contributed by atoms with Gasteiger partial charge in [0.05, 0.1) is 11.8 Å². The molecule has 0 aliphatic carbocycles. The van der Waals surface area contributed by atoms with E-state index in [4.69, 9.17) is 4.74 Å². The summed E-state index contributed by atoms with van der Waals surface area (Å²) in [6.07, 6.45) is -0.541. The van der Waals surface area contributed by atoms with Gasteiger partial charge in [0.1, 0.15) is 5.75 Å².